The number of phenolic OH excluding ortho intramolecular Hbond substituents is 1. The lowest BCUT2D eigenvalue weighted by Crippen LogP contribution is -2.24. The third-order valence-corrected chi connectivity index (χ3v) is 4.18. The molecule has 4 nitrogen and oxygen atoms in total. The molecule has 0 aliphatic carbocycles. The number of aromatic hydroxyl groups is 1. The molecule has 106 valence electrons. The van der Waals surface area contributed by atoms with E-state index in [1.165, 1.54) is 6.42 Å². The SMILES string of the molecule is CNCC1CCN(Cc2cc(Br)c(O)c(OC)c2)C1. The van der Waals surface area contributed by atoms with Crippen LogP contribution in [0.5, 0.6) is 11.5 Å². The zero-order valence-corrected chi connectivity index (χ0v) is 13.0. The van der Waals surface area contributed by atoms with Crippen LogP contribution in [-0.2, 0) is 6.54 Å². The van der Waals surface area contributed by atoms with Crippen LogP contribution in [0.2, 0.25) is 0 Å². The molecular weight excluding hydrogens is 308 g/mol. The van der Waals surface area contributed by atoms with Gasteiger partial charge in [-0.1, -0.05) is 0 Å². The Bertz CT molecular complexity index is 440. The highest BCUT2D eigenvalue weighted by Gasteiger charge is 2.22. The van der Waals surface area contributed by atoms with E-state index < -0.39 is 0 Å². The molecule has 1 aromatic rings. The van der Waals surface area contributed by atoms with E-state index in [2.05, 4.69) is 26.1 Å². The van der Waals surface area contributed by atoms with Gasteiger partial charge in [-0.05, 0) is 66.1 Å². The molecule has 1 aliphatic rings. The zero-order valence-electron chi connectivity index (χ0n) is 11.4. The van der Waals surface area contributed by atoms with Crippen molar-refractivity contribution >= 4 is 15.9 Å². The van der Waals surface area contributed by atoms with E-state index in [4.69, 9.17) is 4.74 Å². The van der Waals surface area contributed by atoms with Gasteiger partial charge in [0.25, 0.3) is 0 Å². The van der Waals surface area contributed by atoms with Gasteiger partial charge < -0.3 is 15.2 Å². The molecule has 1 heterocycles. The first-order valence-corrected chi connectivity index (χ1v) is 7.35. The topological polar surface area (TPSA) is 44.7 Å². The molecule has 2 rings (SSSR count). The third-order valence-electron chi connectivity index (χ3n) is 3.58. The number of methoxy groups -OCH3 is 1. The van der Waals surface area contributed by atoms with Crippen molar-refractivity contribution in [2.75, 3.05) is 33.8 Å². The van der Waals surface area contributed by atoms with Gasteiger partial charge in [0, 0.05) is 13.1 Å². The largest absolute Gasteiger partial charge is 0.503 e. The molecule has 5 heteroatoms. The number of ether oxygens (including phenoxy) is 1. The van der Waals surface area contributed by atoms with Crippen LogP contribution >= 0.6 is 15.9 Å². The fourth-order valence-electron chi connectivity index (χ4n) is 2.64. The number of hydrogen-bond acceptors (Lipinski definition) is 4. The molecule has 2 N–H and O–H groups in total. The minimum atomic E-state index is 0.167. The van der Waals surface area contributed by atoms with E-state index in [0.717, 1.165) is 37.7 Å². The van der Waals surface area contributed by atoms with Gasteiger partial charge in [-0.25, -0.2) is 0 Å². The number of likely N-dealkylation sites (tertiary alicyclic amines) is 1. The number of rotatable bonds is 5. The van der Waals surface area contributed by atoms with Gasteiger partial charge in [0.2, 0.25) is 0 Å². The molecule has 0 bridgehead atoms. The van der Waals surface area contributed by atoms with Crippen molar-refractivity contribution in [3.05, 3.63) is 22.2 Å². The summed E-state index contributed by atoms with van der Waals surface area (Å²) in [6.45, 7) is 4.24. The van der Waals surface area contributed by atoms with E-state index in [-0.39, 0.29) is 5.75 Å². The van der Waals surface area contributed by atoms with E-state index in [1.54, 1.807) is 7.11 Å². The van der Waals surface area contributed by atoms with Crippen molar-refractivity contribution in [2.45, 2.75) is 13.0 Å². The Hall–Kier alpha value is -0.780. The summed E-state index contributed by atoms with van der Waals surface area (Å²) in [6, 6.07) is 3.87. The fraction of sp³-hybridized carbons (Fsp3) is 0.571. The standard InChI is InChI=1S/C14H21BrN2O2/c1-16-7-10-3-4-17(8-10)9-11-5-12(15)14(18)13(6-11)19-2/h5-6,10,16,18H,3-4,7-9H2,1-2H3. The lowest BCUT2D eigenvalue weighted by Gasteiger charge is -2.17. The van der Waals surface area contributed by atoms with Crippen molar-refractivity contribution in [3.8, 4) is 11.5 Å². The highest BCUT2D eigenvalue weighted by molar-refractivity contribution is 9.10. The maximum absolute atomic E-state index is 9.80. The Balaban J connectivity index is 2.02. The molecule has 0 spiro atoms. The summed E-state index contributed by atoms with van der Waals surface area (Å²) in [5.74, 6) is 1.43. The first-order chi connectivity index (χ1) is 9.13. The summed E-state index contributed by atoms with van der Waals surface area (Å²) in [6.07, 6.45) is 1.25. The molecule has 1 atom stereocenters. The van der Waals surface area contributed by atoms with Gasteiger partial charge in [0.05, 0.1) is 11.6 Å². The van der Waals surface area contributed by atoms with Crippen LogP contribution in [0.1, 0.15) is 12.0 Å². The summed E-state index contributed by atoms with van der Waals surface area (Å²) in [7, 11) is 3.58. The smallest absolute Gasteiger partial charge is 0.172 e. The minimum absolute atomic E-state index is 0.167. The lowest BCUT2D eigenvalue weighted by atomic mass is 10.1. The Morgan fingerprint density at radius 1 is 1.53 bits per heavy atom. The number of halogens is 1. The molecule has 1 aromatic carbocycles. The lowest BCUT2D eigenvalue weighted by molar-refractivity contribution is 0.313. The maximum atomic E-state index is 9.80. The van der Waals surface area contributed by atoms with E-state index in [9.17, 15) is 5.11 Å². The van der Waals surface area contributed by atoms with Crippen LogP contribution < -0.4 is 10.1 Å². The summed E-state index contributed by atoms with van der Waals surface area (Å²) in [4.78, 5) is 2.44. The second-order valence-corrected chi connectivity index (χ2v) is 5.93. The van der Waals surface area contributed by atoms with Crippen molar-refractivity contribution in [1.29, 1.82) is 0 Å². The predicted octanol–water partition coefficient (Wildman–Crippen LogP) is 2.20. The molecule has 0 amide bonds. The van der Waals surface area contributed by atoms with Gasteiger partial charge in [-0.3, -0.25) is 4.90 Å². The van der Waals surface area contributed by atoms with Crippen molar-refractivity contribution < 1.29 is 9.84 Å². The molecule has 1 saturated heterocycles. The number of nitrogens with zero attached hydrogens (tertiary/aromatic N) is 1. The fourth-order valence-corrected chi connectivity index (χ4v) is 3.13. The van der Waals surface area contributed by atoms with Gasteiger partial charge in [0.1, 0.15) is 0 Å². The van der Waals surface area contributed by atoms with Crippen LogP contribution in [0.25, 0.3) is 0 Å². The van der Waals surface area contributed by atoms with E-state index >= 15 is 0 Å². The van der Waals surface area contributed by atoms with Crippen LogP contribution in [-0.4, -0.2) is 43.8 Å². The first-order valence-electron chi connectivity index (χ1n) is 6.56. The summed E-state index contributed by atoms with van der Waals surface area (Å²) in [5, 5.41) is 13.0. The predicted molar refractivity (Wildman–Crippen MR) is 79.7 cm³/mol. The van der Waals surface area contributed by atoms with Crippen LogP contribution in [0.15, 0.2) is 16.6 Å². The first kappa shape index (κ1) is 14.6. The molecular formula is C14H21BrN2O2. The quantitative estimate of drug-likeness (QED) is 0.869. The van der Waals surface area contributed by atoms with Crippen LogP contribution in [0.3, 0.4) is 0 Å². The highest BCUT2D eigenvalue weighted by atomic mass is 79.9. The van der Waals surface area contributed by atoms with Crippen LogP contribution in [0, 0.1) is 5.92 Å². The Labute approximate surface area is 122 Å². The number of phenols is 1. The van der Waals surface area contributed by atoms with Crippen molar-refractivity contribution in [1.82, 2.24) is 10.2 Å². The number of hydrogen-bond donors (Lipinski definition) is 2. The third kappa shape index (κ3) is 3.61. The molecule has 19 heavy (non-hydrogen) atoms. The van der Waals surface area contributed by atoms with Crippen LogP contribution in [0.4, 0.5) is 0 Å². The Kier molecular flexibility index (Phi) is 5.07. The summed E-state index contributed by atoms with van der Waals surface area (Å²) < 4.78 is 5.87. The van der Waals surface area contributed by atoms with Gasteiger partial charge >= 0.3 is 0 Å². The normalized spacial score (nSPS) is 19.8. The van der Waals surface area contributed by atoms with Crippen molar-refractivity contribution in [2.24, 2.45) is 5.92 Å². The average molecular weight is 329 g/mol. The number of nitrogens with one attached hydrogen (secondary N) is 1. The van der Waals surface area contributed by atoms with E-state index in [1.807, 2.05) is 19.2 Å². The summed E-state index contributed by atoms with van der Waals surface area (Å²) in [5.41, 5.74) is 1.16. The molecule has 0 radical (unpaired) electrons. The van der Waals surface area contributed by atoms with Gasteiger partial charge in [-0.2, -0.15) is 0 Å². The maximum Gasteiger partial charge on any atom is 0.172 e. The zero-order chi connectivity index (χ0) is 13.8. The Morgan fingerprint density at radius 3 is 3.00 bits per heavy atom. The van der Waals surface area contributed by atoms with Gasteiger partial charge in [0.15, 0.2) is 11.5 Å². The second-order valence-electron chi connectivity index (χ2n) is 5.08. The molecule has 0 aromatic heterocycles. The molecule has 0 saturated carbocycles. The Morgan fingerprint density at radius 2 is 2.32 bits per heavy atom. The summed E-state index contributed by atoms with van der Waals surface area (Å²) >= 11 is 3.37. The monoisotopic (exact) mass is 328 g/mol. The van der Waals surface area contributed by atoms with Crippen molar-refractivity contribution in [3.63, 3.8) is 0 Å². The second kappa shape index (κ2) is 6.59. The molecule has 1 aliphatic heterocycles. The molecule has 1 fully saturated rings. The minimum Gasteiger partial charge on any atom is -0.503 e. The number of benzene rings is 1. The van der Waals surface area contributed by atoms with Gasteiger partial charge in [-0.15, -0.1) is 0 Å². The van der Waals surface area contributed by atoms with E-state index in [0.29, 0.717) is 10.2 Å². The highest BCUT2D eigenvalue weighted by Crippen LogP contribution is 2.35. The molecule has 1 unspecified atom stereocenters. The average Bonchev–Trinajstić information content (AvgIpc) is 2.81.